The molecule has 0 saturated carbocycles. The average molecular weight is 406 g/mol. The van der Waals surface area contributed by atoms with Crippen LogP contribution in [-0.2, 0) is 0 Å². The summed E-state index contributed by atoms with van der Waals surface area (Å²) in [4.78, 5) is 31.3. The van der Waals surface area contributed by atoms with Crippen LogP contribution in [0.2, 0.25) is 0 Å². The lowest BCUT2D eigenvalue weighted by Crippen LogP contribution is -2.49. The van der Waals surface area contributed by atoms with Gasteiger partial charge in [0.15, 0.2) is 0 Å². The maximum absolute atomic E-state index is 12.9. The molecule has 6 nitrogen and oxygen atoms in total. The summed E-state index contributed by atoms with van der Waals surface area (Å²) in [7, 11) is 0. The SMILES string of the molecule is Cc1cc(N2CCN(C(=O)c3ccc(Sc4ccccn4)cc3)CC2)nc(C)n1. The second-order valence-corrected chi connectivity index (χ2v) is 8.08. The number of hydrogen-bond acceptors (Lipinski definition) is 6. The van der Waals surface area contributed by atoms with Crippen LogP contribution in [0.15, 0.2) is 64.6 Å². The van der Waals surface area contributed by atoms with Crippen molar-refractivity contribution in [3.05, 3.63) is 71.8 Å². The molecule has 148 valence electrons. The summed E-state index contributed by atoms with van der Waals surface area (Å²) in [5.74, 6) is 1.80. The van der Waals surface area contributed by atoms with Gasteiger partial charge in [-0.15, -0.1) is 0 Å². The van der Waals surface area contributed by atoms with E-state index < -0.39 is 0 Å². The highest BCUT2D eigenvalue weighted by molar-refractivity contribution is 7.99. The van der Waals surface area contributed by atoms with Crippen molar-refractivity contribution in [2.45, 2.75) is 23.8 Å². The Hall–Kier alpha value is -2.93. The summed E-state index contributed by atoms with van der Waals surface area (Å²) in [6.07, 6.45) is 1.78. The fourth-order valence-electron chi connectivity index (χ4n) is 3.37. The molecule has 0 aliphatic carbocycles. The number of rotatable bonds is 4. The summed E-state index contributed by atoms with van der Waals surface area (Å²) >= 11 is 1.59. The molecule has 0 N–H and O–H groups in total. The lowest BCUT2D eigenvalue weighted by Gasteiger charge is -2.35. The van der Waals surface area contributed by atoms with Gasteiger partial charge >= 0.3 is 0 Å². The molecule has 1 aliphatic rings. The van der Waals surface area contributed by atoms with Gasteiger partial charge < -0.3 is 9.80 Å². The monoisotopic (exact) mass is 405 g/mol. The molecule has 3 heterocycles. The van der Waals surface area contributed by atoms with E-state index in [2.05, 4.69) is 19.9 Å². The number of aromatic nitrogens is 3. The van der Waals surface area contributed by atoms with E-state index in [-0.39, 0.29) is 5.91 Å². The summed E-state index contributed by atoms with van der Waals surface area (Å²) in [6, 6.07) is 15.6. The molecule has 0 spiro atoms. The number of aryl methyl sites for hydroxylation is 2. The topological polar surface area (TPSA) is 62.2 Å². The zero-order valence-electron chi connectivity index (χ0n) is 16.6. The van der Waals surface area contributed by atoms with E-state index in [0.717, 1.165) is 45.9 Å². The third-order valence-electron chi connectivity index (χ3n) is 4.80. The molecular formula is C22H23N5OS. The lowest BCUT2D eigenvalue weighted by atomic mass is 10.2. The van der Waals surface area contributed by atoms with Gasteiger partial charge in [0, 0.05) is 54.6 Å². The molecule has 7 heteroatoms. The van der Waals surface area contributed by atoms with Crippen LogP contribution in [-0.4, -0.2) is 51.9 Å². The molecule has 29 heavy (non-hydrogen) atoms. The Morgan fingerprint density at radius 2 is 1.72 bits per heavy atom. The van der Waals surface area contributed by atoms with Crippen LogP contribution in [0.25, 0.3) is 0 Å². The molecular weight excluding hydrogens is 382 g/mol. The highest BCUT2D eigenvalue weighted by atomic mass is 32.2. The molecule has 4 rings (SSSR count). The van der Waals surface area contributed by atoms with Gasteiger partial charge in [-0.05, 0) is 50.2 Å². The average Bonchev–Trinajstić information content (AvgIpc) is 2.74. The fourth-order valence-corrected chi connectivity index (χ4v) is 4.15. The minimum Gasteiger partial charge on any atom is -0.353 e. The summed E-state index contributed by atoms with van der Waals surface area (Å²) in [6.45, 7) is 6.81. The number of hydrogen-bond donors (Lipinski definition) is 0. The molecule has 1 amide bonds. The second kappa shape index (κ2) is 8.61. The molecule has 0 atom stereocenters. The normalized spacial score (nSPS) is 14.1. The van der Waals surface area contributed by atoms with E-state index in [1.165, 1.54) is 0 Å². The first kappa shape index (κ1) is 19.4. The van der Waals surface area contributed by atoms with Crippen molar-refractivity contribution in [3.8, 4) is 0 Å². The van der Waals surface area contributed by atoms with Gasteiger partial charge in [-0.25, -0.2) is 15.0 Å². The smallest absolute Gasteiger partial charge is 0.253 e. The molecule has 1 aromatic carbocycles. The summed E-state index contributed by atoms with van der Waals surface area (Å²) in [5, 5.41) is 0.942. The van der Waals surface area contributed by atoms with Crippen LogP contribution in [0.1, 0.15) is 21.9 Å². The number of piperazine rings is 1. The maximum Gasteiger partial charge on any atom is 0.253 e. The zero-order valence-corrected chi connectivity index (χ0v) is 17.4. The Morgan fingerprint density at radius 1 is 0.966 bits per heavy atom. The number of carbonyl (C=O) groups is 1. The minimum absolute atomic E-state index is 0.0779. The van der Waals surface area contributed by atoms with Gasteiger partial charge in [0.05, 0.1) is 0 Å². The first-order valence-corrected chi connectivity index (χ1v) is 10.5. The minimum atomic E-state index is 0.0779. The quantitative estimate of drug-likeness (QED) is 0.661. The molecule has 1 saturated heterocycles. The van der Waals surface area contributed by atoms with Gasteiger partial charge in [0.25, 0.3) is 5.91 Å². The van der Waals surface area contributed by atoms with E-state index in [0.29, 0.717) is 13.1 Å². The van der Waals surface area contributed by atoms with Gasteiger partial charge in [-0.1, -0.05) is 17.8 Å². The van der Waals surface area contributed by atoms with Crippen LogP contribution in [0, 0.1) is 13.8 Å². The highest BCUT2D eigenvalue weighted by Gasteiger charge is 2.23. The van der Waals surface area contributed by atoms with Crippen LogP contribution >= 0.6 is 11.8 Å². The Labute approximate surface area is 175 Å². The predicted octanol–water partition coefficient (Wildman–Crippen LogP) is 3.60. The Bertz CT molecular complexity index is 966. The van der Waals surface area contributed by atoms with E-state index in [1.807, 2.05) is 67.3 Å². The van der Waals surface area contributed by atoms with Gasteiger partial charge in [0.2, 0.25) is 0 Å². The van der Waals surface area contributed by atoms with Crippen molar-refractivity contribution >= 4 is 23.5 Å². The van der Waals surface area contributed by atoms with Crippen molar-refractivity contribution in [1.29, 1.82) is 0 Å². The third-order valence-corrected chi connectivity index (χ3v) is 5.76. The largest absolute Gasteiger partial charge is 0.353 e. The zero-order chi connectivity index (χ0) is 20.2. The molecule has 1 aliphatic heterocycles. The van der Waals surface area contributed by atoms with Crippen molar-refractivity contribution in [2.75, 3.05) is 31.1 Å². The van der Waals surface area contributed by atoms with Gasteiger partial charge in [0.1, 0.15) is 16.7 Å². The van der Waals surface area contributed by atoms with Crippen LogP contribution in [0.5, 0.6) is 0 Å². The number of carbonyl (C=O) groups excluding carboxylic acids is 1. The van der Waals surface area contributed by atoms with Crippen molar-refractivity contribution in [3.63, 3.8) is 0 Å². The maximum atomic E-state index is 12.9. The van der Waals surface area contributed by atoms with E-state index in [4.69, 9.17) is 0 Å². The first-order valence-electron chi connectivity index (χ1n) is 9.64. The predicted molar refractivity (Wildman–Crippen MR) is 114 cm³/mol. The Morgan fingerprint density at radius 3 is 2.38 bits per heavy atom. The number of anilines is 1. The summed E-state index contributed by atoms with van der Waals surface area (Å²) < 4.78 is 0. The summed E-state index contributed by atoms with van der Waals surface area (Å²) in [5.41, 5.74) is 1.69. The second-order valence-electron chi connectivity index (χ2n) is 6.99. The van der Waals surface area contributed by atoms with E-state index in [1.54, 1.807) is 18.0 Å². The van der Waals surface area contributed by atoms with Gasteiger partial charge in [-0.3, -0.25) is 4.79 Å². The van der Waals surface area contributed by atoms with Crippen LogP contribution in [0.3, 0.4) is 0 Å². The molecule has 3 aromatic rings. The van der Waals surface area contributed by atoms with Crippen molar-refractivity contribution < 1.29 is 4.79 Å². The Balaban J connectivity index is 1.37. The lowest BCUT2D eigenvalue weighted by molar-refractivity contribution is 0.0746. The molecule has 1 fully saturated rings. The fraction of sp³-hybridized carbons (Fsp3) is 0.273. The third kappa shape index (κ3) is 4.74. The number of pyridine rings is 1. The first-order chi connectivity index (χ1) is 14.1. The van der Waals surface area contributed by atoms with Crippen molar-refractivity contribution in [2.24, 2.45) is 0 Å². The van der Waals surface area contributed by atoms with Crippen molar-refractivity contribution in [1.82, 2.24) is 19.9 Å². The van der Waals surface area contributed by atoms with Crippen LogP contribution < -0.4 is 4.90 Å². The van der Waals surface area contributed by atoms with Gasteiger partial charge in [-0.2, -0.15) is 0 Å². The molecule has 0 bridgehead atoms. The molecule has 0 radical (unpaired) electrons. The highest BCUT2D eigenvalue weighted by Crippen LogP contribution is 2.26. The molecule has 2 aromatic heterocycles. The number of benzene rings is 1. The molecule has 0 unspecified atom stereocenters. The standard InChI is InChI=1S/C22H23N5OS/c1-16-15-20(25-17(2)24-16)26-11-13-27(14-12-26)22(28)18-6-8-19(9-7-18)29-21-5-3-4-10-23-21/h3-10,15H,11-14H2,1-2H3. The van der Waals surface area contributed by atoms with E-state index in [9.17, 15) is 4.79 Å². The van der Waals surface area contributed by atoms with Crippen LogP contribution in [0.4, 0.5) is 5.82 Å². The number of amides is 1. The van der Waals surface area contributed by atoms with E-state index >= 15 is 0 Å². The number of nitrogens with zero attached hydrogens (tertiary/aromatic N) is 5. The Kier molecular flexibility index (Phi) is 5.76.